The Morgan fingerprint density at radius 1 is 0.386 bits per heavy atom. The minimum Gasteiger partial charge on any atom is -0.463 e. The van der Waals surface area contributed by atoms with E-state index >= 15 is 0 Å². The van der Waals surface area contributed by atoms with Gasteiger partial charge in [0.2, 0.25) is 0 Å². The van der Waals surface area contributed by atoms with Crippen molar-refractivity contribution in [2.24, 2.45) is 20.5 Å². The van der Waals surface area contributed by atoms with Crippen molar-refractivity contribution in [2.75, 3.05) is 57.0 Å². The van der Waals surface area contributed by atoms with Crippen molar-refractivity contribution in [3.63, 3.8) is 0 Å². The molecule has 5 heterocycles. The number of unbranched alkanes of at least 4 members (excludes halogenated alkanes) is 9. The van der Waals surface area contributed by atoms with E-state index in [1.165, 1.54) is 55.1 Å². The van der Waals surface area contributed by atoms with E-state index < -0.39 is 43.6 Å². The van der Waals surface area contributed by atoms with Gasteiger partial charge >= 0.3 is 29.9 Å². The predicted octanol–water partition coefficient (Wildman–Crippen LogP) is 13.8. The molecule has 4 N–H and O–H groups in total. The number of anilines is 2. The van der Waals surface area contributed by atoms with E-state index in [4.69, 9.17) is 60.5 Å². The summed E-state index contributed by atoms with van der Waals surface area (Å²) < 4.78 is 89.7. The van der Waals surface area contributed by atoms with Crippen LogP contribution >= 0.6 is 0 Å². The number of aryl methyl sites for hydroxylation is 4. The number of nitrogens with two attached hydrogens (primary N) is 2. The standard InChI is InChI=1S/C69H97N17O13S2/c1-12-21-30-51-55(75-77-61-57(100(10,91)92)53(32-23-14-3)81-83(61)49-41-45(63(87)95-34-25-16-5)39-46(42-49)64(88)96-35-26-17-6)59(70)85(79-51)67-72-68(74-69(73-67)99-38-29-20-9)86-60(71)56(52(80-86)31-22-13-2)76-78-62-58(101(11,93)94)54(33-24-15-4)82-84(62)50-43-47(65(89)97-36-27-18-7)40-48(44-50)66(90)98-37-28-19-8/h39-44H,12-38,70-71H2,1-11H3. The minimum atomic E-state index is -4.15. The third kappa shape index (κ3) is 20.7. The lowest BCUT2D eigenvalue weighted by molar-refractivity contribution is 0.0479. The fraction of sp³-hybridized carbons (Fsp3) is 0.551. The van der Waals surface area contributed by atoms with Gasteiger partial charge in [0.25, 0.3) is 11.9 Å². The molecule has 7 aromatic rings. The van der Waals surface area contributed by atoms with Crippen LogP contribution in [0.4, 0.5) is 34.6 Å². The van der Waals surface area contributed by atoms with Crippen molar-refractivity contribution in [3.05, 3.63) is 81.4 Å². The second-order valence-corrected chi connectivity index (χ2v) is 28.4. The highest BCUT2D eigenvalue weighted by Crippen LogP contribution is 2.40. The maximum Gasteiger partial charge on any atom is 0.338 e. The van der Waals surface area contributed by atoms with Crippen LogP contribution < -0.4 is 16.2 Å². The lowest BCUT2D eigenvalue weighted by Crippen LogP contribution is -2.15. The zero-order valence-corrected chi connectivity index (χ0v) is 61.7. The number of hydrogen-bond donors (Lipinski definition) is 2. The maximum absolute atomic E-state index is 14.1. The minimum absolute atomic E-state index is 0.0140. The van der Waals surface area contributed by atoms with Gasteiger partial charge in [0.1, 0.15) is 9.79 Å². The Morgan fingerprint density at radius 3 is 0.970 bits per heavy atom. The zero-order chi connectivity index (χ0) is 73.4. The van der Waals surface area contributed by atoms with E-state index in [0.29, 0.717) is 94.9 Å². The Balaban J connectivity index is 1.44. The first-order valence-corrected chi connectivity index (χ1v) is 38.9. The van der Waals surface area contributed by atoms with Gasteiger partial charge in [-0.1, -0.05) is 120 Å². The number of azo groups is 2. The Hall–Kier alpha value is -9.33. The number of carbonyl (C=O) groups excluding carboxylic acids is 4. The topological polar surface area (TPSA) is 394 Å². The second-order valence-electron chi connectivity index (χ2n) is 24.5. The molecule has 0 saturated carbocycles. The summed E-state index contributed by atoms with van der Waals surface area (Å²) in [5.41, 5.74) is 15.3. The Labute approximate surface area is 590 Å². The Kier molecular flexibility index (Phi) is 29.7. The van der Waals surface area contributed by atoms with Gasteiger partial charge in [-0.15, -0.1) is 20.5 Å². The van der Waals surface area contributed by atoms with Crippen LogP contribution in [-0.4, -0.2) is 140 Å². The fourth-order valence-electron chi connectivity index (χ4n) is 10.3. The molecule has 32 heteroatoms. The summed E-state index contributed by atoms with van der Waals surface area (Å²) in [6, 6.07) is 8.26. The molecule has 0 spiro atoms. The van der Waals surface area contributed by atoms with Crippen molar-refractivity contribution in [1.29, 1.82) is 0 Å². The maximum atomic E-state index is 14.1. The van der Waals surface area contributed by atoms with Crippen molar-refractivity contribution in [1.82, 2.24) is 54.1 Å². The van der Waals surface area contributed by atoms with E-state index in [-0.39, 0.29) is 166 Å². The molecule has 0 atom stereocenters. The zero-order valence-electron chi connectivity index (χ0n) is 60.0. The van der Waals surface area contributed by atoms with Gasteiger partial charge in [-0.05, 0) is 120 Å². The summed E-state index contributed by atoms with van der Waals surface area (Å²) in [4.78, 5) is 68.4. The summed E-state index contributed by atoms with van der Waals surface area (Å²) >= 11 is 0. The molecule has 7 rings (SSSR count). The van der Waals surface area contributed by atoms with Crippen LogP contribution in [0, 0.1) is 0 Å². The summed E-state index contributed by atoms with van der Waals surface area (Å²) in [7, 11) is -8.31. The van der Waals surface area contributed by atoms with Gasteiger partial charge < -0.3 is 35.2 Å². The number of esters is 4. The predicted molar refractivity (Wildman–Crippen MR) is 380 cm³/mol. The summed E-state index contributed by atoms with van der Waals surface area (Å²) in [6.45, 7) is 18.3. The molecule has 101 heavy (non-hydrogen) atoms. The van der Waals surface area contributed by atoms with Gasteiger partial charge in [0.05, 0.1) is 89.4 Å². The molecule has 548 valence electrons. The first-order valence-electron chi connectivity index (χ1n) is 35.1. The normalized spacial score (nSPS) is 11.9. The molecule has 0 aliphatic carbocycles. The number of carbonyl (C=O) groups is 4. The SMILES string of the molecule is CCCCOC(=O)c1cc(C(=O)OCCCC)cc(-n2nc(CCCC)c(S(C)(=O)=O)c2N=Nc2c(CCCC)nn(-c3nc(OCCCC)nc(-n4nc(CCCC)c(N=Nc5c(S(C)(=O)=O)c(CCCC)nn5-c5cc(C(=O)OCCCC)cc(C(=O)OCCCC)c5)c4N)n3)c2N)c1. The highest BCUT2D eigenvalue weighted by Gasteiger charge is 2.32. The van der Waals surface area contributed by atoms with Crippen LogP contribution in [0.15, 0.2) is 66.6 Å². The molecule has 0 aliphatic rings. The number of rotatable bonds is 42. The smallest absolute Gasteiger partial charge is 0.338 e. The Morgan fingerprint density at radius 2 is 0.673 bits per heavy atom. The molecule has 0 saturated heterocycles. The fourth-order valence-corrected chi connectivity index (χ4v) is 12.3. The lowest BCUT2D eigenvalue weighted by Gasteiger charge is -2.11. The molecule has 0 radical (unpaired) electrons. The summed E-state index contributed by atoms with van der Waals surface area (Å²) in [5.74, 6) is -4.11. The van der Waals surface area contributed by atoms with E-state index in [0.717, 1.165) is 44.6 Å². The van der Waals surface area contributed by atoms with Crippen LogP contribution in [0.5, 0.6) is 6.01 Å². The number of nitrogen functional groups attached to an aromatic ring is 2. The van der Waals surface area contributed by atoms with Crippen LogP contribution in [0.25, 0.3) is 23.3 Å². The monoisotopic (exact) mass is 1440 g/mol. The van der Waals surface area contributed by atoms with Crippen LogP contribution in [0.2, 0.25) is 0 Å². The quantitative estimate of drug-likeness (QED) is 0.0155. The molecular weight excluding hydrogens is 1340 g/mol. The molecule has 30 nitrogen and oxygen atoms in total. The number of benzene rings is 2. The number of aromatic nitrogens is 11. The second kappa shape index (κ2) is 37.9. The van der Waals surface area contributed by atoms with Crippen LogP contribution in [0.1, 0.15) is 242 Å². The number of nitrogens with zero attached hydrogens (tertiary/aromatic N) is 15. The van der Waals surface area contributed by atoms with E-state index in [1.54, 1.807) is 0 Å². The lowest BCUT2D eigenvalue weighted by atomic mass is 10.1. The van der Waals surface area contributed by atoms with Gasteiger partial charge in [0, 0.05) is 12.5 Å². The van der Waals surface area contributed by atoms with Gasteiger partial charge in [0.15, 0.2) is 54.3 Å². The molecule has 0 unspecified atom stereocenters. The third-order valence-corrected chi connectivity index (χ3v) is 18.2. The van der Waals surface area contributed by atoms with Crippen LogP contribution in [0.3, 0.4) is 0 Å². The van der Waals surface area contributed by atoms with Gasteiger partial charge in [-0.25, -0.2) is 45.4 Å². The highest BCUT2D eigenvalue weighted by molar-refractivity contribution is 7.91. The molecule has 2 aromatic carbocycles. The molecule has 0 aliphatic heterocycles. The average Bonchev–Trinajstić information content (AvgIpc) is 1.63. The number of hydrogen-bond acceptors (Lipinski definition) is 26. The largest absolute Gasteiger partial charge is 0.463 e. The molecular formula is C69H97N17O13S2. The summed E-state index contributed by atoms with van der Waals surface area (Å²) in [6.07, 6.45) is 14.8. The Bertz CT molecular complexity index is 3960. The van der Waals surface area contributed by atoms with Crippen molar-refractivity contribution in [2.45, 2.75) is 213 Å². The third-order valence-electron chi connectivity index (χ3n) is 15.9. The van der Waals surface area contributed by atoms with Gasteiger partial charge in [-0.2, -0.15) is 44.7 Å². The molecule has 0 amide bonds. The van der Waals surface area contributed by atoms with Gasteiger partial charge in [-0.3, -0.25) is 0 Å². The van der Waals surface area contributed by atoms with E-state index in [1.807, 2.05) is 62.3 Å². The highest BCUT2D eigenvalue weighted by atomic mass is 32.2. The van der Waals surface area contributed by atoms with Crippen molar-refractivity contribution >= 4 is 78.2 Å². The molecule has 5 aromatic heterocycles. The van der Waals surface area contributed by atoms with Crippen LogP contribution in [-0.2, 0) is 64.3 Å². The first-order chi connectivity index (χ1) is 48.5. The molecule has 0 bridgehead atoms. The van der Waals surface area contributed by atoms with Crippen molar-refractivity contribution in [3.8, 4) is 29.3 Å². The number of sulfone groups is 2. The van der Waals surface area contributed by atoms with E-state index in [9.17, 15) is 36.0 Å². The molecule has 0 fully saturated rings. The van der Waals surface area contributed by atoms with Crippen molar-refractivity contribution < 1.29 is 59.7 Å². The first kappa shape index (κ1) is 79.0. The average molecular weight is 1440 g/mol. The van der Waals surface area contributed by atoms with E-state index in [2.05, 4.69) is 30.4 Å². The summed E-state index contributed by atoms with van der Waals surface area (Å²) in [5, 5.41) is 38.1. The number of ether oxygens (including phenoxy) is 5.